The quantitative estimate of drug-likeness (QED) is 0.608. The number of guanidine groups is 1. The molecule has 6 heteroatoms. The van der Waals surface area contributed by atoms with Crippen LogP contribution in [-0.4, -0.2) is 45.0 Å². The summed E-state index contributed by atoms with van der Waals surface area (Å²) in [6.45, 7) is 3.29. The third kappa shape index (κ3) is 5.74. The fourth-order valence-electron chi connectivity index (χ4n) is 2.59. The lowest BCUT2D eigenvalue weighted by Crippen LogP contribution is -2.36. The van der Waals surface area contributed by atoms with E-state index in [1.165, 1.54) is 0 Å². The van der Waals surface area contributed by atoms with Crippen LogP contribution in [0.5, 0.6) is 5.75 Å². The van der Waals surface area contributed by atoms with Crippen LogP contribution in [0.1, 0.15) is 27.0 Å². The highest BCUT2D eigenvalue weighted by atomic mass is 16.5. The zero-order valence-electron chi connectivity index (χ0n) is 16.7. The van der Waals surface area contributed by atoms with Crippen molar-refractivity contribution in [1.82, 2.24) is 15.5 Å². The molecule has 0 aliphatic carbocycles. The van der Waals surface area contributed by atoms with Gasteiger partial charge in [0.15, 0.2) is 5.96 Å². The Morgan fingerprint density at radius 1 is 1.04 bits per heavy atom. The van der Waals surface area contributed by atoms with Crippen molar-refractivity contribution >= 4 is 11.9 Å². The lowest BCUT2D eigenvalue weighted by Gasteiger charge is -2.14. The summed E-state index contributed by atoms with van der Waals surface area (Å²) in [6, 6.07) is 13.7. The Bertz CT molecular complexity index is 798. The Balaban J connectivity index is 1.89. The Hall–Kier alpha value is -3.02. The fraction of sp³-hybridized carbons (Fsp3) is 0.333. The van der Waals surface area contributed by atoms with Crippen molar-refractivity contribution in [2.75, 3.05) is 28.3 Å². The van der Waals surface area contributed by atoms with Crippen LogP contribution in [0.25, 0.3) is 0 Å². The summed E-state index contributed by atoms with van der Waals surface area (Å²) in [6.07, 6.45) is 0. The second-order valence-electron chi connectivity index (χ2n) is 6.48. The molecule has 0 aliphatic rings. The van der Waals surface area contributed by atoms with Crippen LogP contribution < -0.4 is 15.4 Å². The molecule has 27 heavy (non-hydrogen) atoms. The second-order valence-corrected chi connectivity index (χ2v) is 6.48. The average Bonchev–Trinajstić information content (AvgIpc) is 2.69. The molecule has 0 aromatic heterocycles. The molecule has 2 rings (SSSR count). The van der Waals surface area contributed by atoms with Crippen LogP contribution in [0, 0.1) is 6.92 Å². The first-order valence-electron chi connectivity index (χ1n) is 8.83. The van der Waals surface area contributed by atoms with Gasteiger partial charge in [0.05, 0.1) is 7.11 Å². The maximum atomic E-state index is 11.9. The van der Waals surface area contributed by atoms with E-state index >= 15 is 0 Å². The maximum absolute atomic E-state index is 11.9. The van der Waals surface area contributed by atoms with Gasteiger partial charge in [-0.05, 0) is 41.8 Å². The highest BCUT2D eigenvalue weighted by Crippen LogP contribution is 2.18. The molecule has 0 radical (unpaired) electrons. The minimum Gasteiger partial charge on any atom is -0.496 e. The summed E-state index contributed by atoms with van der Waals surface area (Å²) in [4.78, 5) is 17.7. The molecular formula is C21H28N4O2. The number of aliphatic imine (C=N–C) groups is 1. The molecule has 144 valence electrons. The number of nitrogens with one attached hydrogen (secondary N) is 2. The molecule has 2 aromatic rings. The lowest BCUT2D eigenvalue weighted by molar-refractivity contribution is 0.0827. The van der Waals surface area contributed by atoms with E-state index in [0.29, 0.717) is 24.6 Å². The molecule has 2 aromatic carbocycles. The summed E-state index contributed by atoms with van der Waals surface area (Å²) < 4.78 is 5.36. The molecule has 6 nitrogen and oxygen atoms in total. The number of amides is 1. The van der Waals surface area contributed by atoms with Crippen LogP contribution >= 0.6 is 0 Å². The monoisotopic (exact) mass is 368 g/mol. The van der Waals surface area contributed by atoms with Gasteiger partial charge in [-0.25, -0.2) is 0 Å². The fourth-order valence-corrected chi connectivity index (χ4v) is 2.59. The maximum Gasteiger partial charge on any atom is 0.253 e. The smallest absolute Gasteiger partial charge is 0.253 e. The summed E-state index contributed by atoms with van der Waals surface area (Å²) in [5.41, 5.74) is 3.98. The van der Waals surface area contributed by atoms with Crippen molar-refractivity contribution < 1.29 is 9.53 Å². The van der Waals surface area contributed by atoms with Gasteiger partial charge in [0, 0.05) is 39.8 Å². The summed E-state index contributed by atoms with van der Waals surface area (Å²) in [7, 11) is 6.91. The Labute approximate surface area is 161 Å². The first kappa shape index (κ1) is 20.3. The molecule has 0 spiro atoms. The third-order valence-corrected chi connectivity index (χ3v) is 4.22. The zero-order chi connectivity index (χ0) is 19.8. The van der Waals surface area contributed by atoms with E-state index in [0.717, 1.165) is 22.4 Å². The summed E-state index contributed by atoms with van der Waals surface area (Å²) >= 11 is 0. The predicted molar refractivity (Wildman–Crippen MR) is 109 cm³/mol. The number of nitrogens with zero attached hydrogens (tertiary/aromatic N) is 2. The second kappa shape index (κ2) is 9.62. The third-order valence-electron chi connectivity index (χ3n) is 4.22. The van der Waals surface area contributed by atoms with Gasteiger partial charge in [-0.1, -0.05) is 24.3 Å². The number of hydrogen-bond acceptors (Lipinski definition) is 3. The van der Waals surface area contributed by atoms with E-state index in [2.05, 4.69) is 21.7 Å². The number of carbonyl (C=O) groups excluding carboxylic acids is 1. The van der Waals surface area contributed by atoms with Crippen LogP contribution in [0.2, 0.25) is 0 Å². The standard InChI is InChI=1S/C21H28N4O2/c1-15-6-7-17(12-19(15)27-5)14-24-21(22-2)23-13-16-8-10-18(11-9-16)20(26)25(3)4/h6-12H,13-14H2,1-5H3,(H2,22,23,24). The van der Waals surface area contributed by atoms with Gasteiger partial charge in [-0.2, -0.15) is 0 Å². The topological polar surface area (TPSA) is 66.0 Å². The largest absolute Gasteiger partial charge is 0.496 e. The molecule has 2 N–H and O–H groups in total. The van der Waals surface area contributed by atoms with Crippen molar-refractivity contribution in [1.29, 1.82) is 0 Å². The van der Waals surface area contributed by atoms with E-state index in [-0.39, 0.29) is 5.91 Å². The molecule has 0 atom stereocenters. The molecule has 0 bridgehead atoms. The van der Waals surface area contributed by atoms with Crippen molar-refractivity contribution in [2.24, 2.45) is 4.99 Å². The molecule has 0 unspecified atom stereocenters. The Morgan fingerprint density at radius 2 is 1.63 bits per heavy atom. The predicted octanol–water partition coefficient (Wildman–Crippen LogP) is 2.57. The molecule has 0 fully saturated rings. The number of hydrogen-bond donors (Lipinski definition) is 2. The normalized spacial score (nSPS) is 11.1. The minimum absolute atomic E-state index is 0.000474. The number of aryl methyl sites for hydroxylation is 1. The van der Waals surface area contributed by atoms with Gasteiger partial charge >= 0.3 is 0 Å². The van der Waals surface area contributed by atoms with E-state index < -0.39 is 0 Å². The van der Waals surface area contributed by atoms with E-state index in [4.69, 9.17) is 4.74 Å². The highest BCUT2D eigenvalue weighted by molar-refractivity contribution is 5.93. The van der Waals surface area contributed by atoms with Crippen LogP contribution in [0.3, 0.4) is 0 Å². The van der Waals surface area contributed by atoms with Crippen molar-refractivity contribution in [3.05, 3.63) is 64.7 Å². The van der Waals surface area contributed by atoms with E-state index in [1.807, 2.05) is 43.3 Å². The minimum atomic E-state index is 0.000474. The molecule has 0 aliphatic heterocycles. The van der Waals surface area contributed by atoms with Crippen molar-refractivity contribution in [2.45, 2.75) is 20.0 Å². The van der Waals surface area contributed by atoms with Crippen LogP contribution in [0.15, 0.2) is 47.5 Å². The van der Waals surface area contributed by atoms with Gasteiger partial charge in [0.25, 0.3) is 5.91 Å². The Morgan fingerprint density at radius 3 is 2.19 bits per heavy atom. The van der Waals surface area contributed by atoms with Gasteiger partial charge in [0.1, 0.15) is 5.75 Å². The number of carbonyl (C=O) groups is 1. The molecule has 0 heterocycles. The summed E-state index contributed by atoms with van der Waals surface area (Å²) in [5.74, 6) is 1.59. The average molecular weight is 368 g/mol. The van der Waals surface area contributed by atoms with Gasteiger partial charge in [-0.15, -0.1) is 0 Å². The molecule has 0 saturated heterocycles. The number of methoxy groups -OCH3 is 1. The van der Waals surface area contributed by atoms with E-state index in [9.17, 15) is 4.79 Å². The summed E-state index contributed by atoms with van der Waals surface area (Å²) in [5, 5.41) is 6.57. The highest BCUT2D eigenvalue weighted by Gasteiger charge is 2.07. The first-order valence-corrected chi connectivity index (χ1v) is 8.83. The van der Waals surface area contributed by atoms with Crippen LogP contribution in [0.4, 0.5) is 0 Å². The van der Waals surface area contributed by atoms with Gasteiger partial charge in [-0.3, -0.25) is 9.79 Å². The van der Waals surface area contributed by atoms with Crippen LogP contribution in [-0.2, 0) is 13.1 Å². The lowest BCUT2D eigenvalue weighted by atomic mass is 10.1. The molecule has 1 amide bonds. The SMILES string of the molecule is CN=C(NCc1ccc(C(=O)N(C)C)cc1)NCc1ccc(C)c(OC)c1. The number of rotatable bonds is 6. The van der Waals surface area contributed by atoms with Gasteiger partial charge < -0.3 is 20.3 Å². The Kier molecular flexibility index (Phi) is 7.23. The zero-order valence-corrected chi connectivity index (χ0v) is 16.7. The number of benzene rings is 2. The molecule has 0 saturated carbocycles. The van der Waals surface area contributed by atoms with Gasteiger partial charge in [0.2, 0.25) is 0 Å². The van der Waals surface area contributed by atoms with Crippen molar-refractivity contribution in [3.63, 3.8) is 0 Å². The number of ether oxygens (including phenoxy) is 1. The van der Waals surface area contributed by atoms with Crippen molar-refractivity contribution in [3.8, 4) is 5.75 Å². The van der Waals surface area contributed by atoms with E-state index in [1.54, 1.807) is 33.2 Å². The molecular weight excluding hydrogens is 340 g/mol. The first-order chi connectivity index (χ1) is 12.9.